The van der Waals surface area contributed by atoms with E-state index in [0.717, 1.165) is 37.7 Å². The van der Waals surface area contributed by atoms with Crippen molar-refractivity contribution in [3.05, 3.63) is 70.8 Å². The van der Waals surface area contributed by atoms with E-state index in [-0.39, 0.29) is 29.5 Å². The number of allylic oxidation sites excluding steroid dienone is 2. The third kappa shape index (κ3) is 3.93. The maximum Gasteiger partial charge on any atom is 0.251 e. The van der Waals surface area contributed by atoms with Crippen LogP contribution >= 0.6 is 0 Å². The summed E-state index contributed by atoms with van der Waals surface area (Å²) >= 11 is 0. The third-order valence-electron chi connectivity index (χ3n) is 8.50. The molecule has 0 saturated heterocycles. The Balaban J connectivity index is 1.32. The zero-order valence-electron chi connectivity index (χ0n) is 19.9. The van der Waals surface area contributed by atoms with E-state index in [1.54, 1.807) is 19.3 Å². The summed E-state index contributed by atoms with van der Waals surface area (Å²) in [6, 6.07) is 7.75. The summed E-state index contributed by atoms with van der Waals surface area (Å²) in [7, 11) is 1.59. The number of rotatable bonds is 5. The van der Waals surface area contributed by atoms with Crippen molar-refractivity contribution in [3.63, 3.8) is 0 Å². The number of carbonyl (C=O) groups excluding carboxylic acids is 2. The highest BCUT2D eigenvalue weighted by Gasteiger charge is 2.52. The molecule has 0 spiro atoms. The fraction of sp³-hybridized carbons (Fsp3) is 0.464. The number of carbonyl (C=O) groups is 2. The van der Waals surface area contributed by atoms with Gasteiger partial charge in [-0.15, -0.1) is 0 Å². The monoisotopic (exact) mass is 461 g/mol. The number of nitrogens with zero attached hydrogens (tertiary/aromatic N) is 1. The van der Waals surface area contributed by atoms with E-state index < -0.39 is 0 Å². The lowest BCUT2D eigenvalue weighted by Gasteiger charge is -2.50. The van der Waals surface area contributed by atoms with Gasteiger partial charge in [0, 0.05) is 31.8 Å². The van der Waals surface area contributed by atoms with Crippen LogP contribution < -0.4 is 10.6 Å². The molecule has 0 unspecified atom stereocenters. The molecule has 5 rings (SSSR count). The molecule has 2 N–H and O–H groups in total. The average molecular weight is 462 g/mol. The number of aryl methyl sites for hydroxylation is 1. The number of hydrogen-bond donors (Lipinski definition) is 2. The molecule has 3 aliphatic carbocycles. The first-order valence-corrected chi connectivity index (χ1v) is 12.3. The molecule has 1 fully saturated rings. The van der Waals surface area contributed by atoms with Crippen molar-refractivity contribution in [2.24, 2.45) is 17.3 Å². The maximum absolute atomic E-state index is 13.9. The van der Waals surface area contributed by atoms with E-state index >= 15 is 0 Å². The van der Waals surface area contributed by atoms with Crippen molar-refractivity contribution in [1.82, 2.24) is 15.6 Å². The minimum absolute atomic E-state index is 0.0543. The molecule has 1 saturated carbocycles. The summed E-state index contributed by atoms with van der Waals surface area (Å²) in [5.74, 6) is 1.15. The molecular formula is C28H32FN3O2. The first-order chi connectivity index (χ1) is 16.4. The van der Waals surface area contributed by atoms with Crippen LogP contribution in [-0.2, 0) is 11.2 Å². The Morgan fingerprint density at radius 1 is 1.21 bits per heavy atom. The number of hydrogen-bond acceptors (Lipinski definition) is 3. The molecule has 2 aromatic rings. The van der Waals surface area contributed by atoms with Gasteiger partial charge in [-0.3, -0.25) is 14.6 Å². The number of halogens is 1. The van der Waals surface area contributed by atoms with Gasteiger partial charge in [0.05, 0.1) is 6.20 Å². The van der Waals surface area contributed by atoms with Crippen LogP contribution in [0.1, 0.15) is 72.0 Å². The van der Waals surface area contributed by atoms with Crippen molar-refractivity contribution in [2.45, 2.75) is 51.4 Å². The van der Waals surface area contributed by atoms with E-state index in [9.17, 15) is 14.0 Å². The second-order valence-electron chi connectivity index (χ2n) is 10.2. The predicted molar refractivity (Wildman–Crippen MR) is 130 cm³/mol. The smallest absolute Gasteiger partial charge is 0.251 e. The number of nitrogens with one attached hydrogen (secondary N) is 2. The van der Waals surface area contributed by atoms with Gasteiger partial charge in [0.25, 0.3) is 5.91 Å². The summed E-state index contributed by atoms with van der Waals surface area (Å²) in [6.45, 7) is 2.69. The molecule has 1 aromatic carbocycles. The normalized spacial score (nSPS) is 27.1. The van der Waals surface area contributed by atoms with Crippen LogP contribution in [0.3, 0.4) is 0 Å². The SMILES string of the molecule is CNC(=O)CCNC(=O)c1ccc2c(c1)CC[C@@H]1[C@@H]2CC[C@]2(C)C(c3cncc(F)c3)=CC[C@@H]12. The number of benzene rings is 1. The molecule has 34 heavy (non-hydrogen) atoms. The molecule has 178 valence electrons. The number of amides is 2. The largest absolute Gasteiger partial charge is 0.359 e. The van der Waals surface area contributed by atoms with E-state index in [1.165, 1.54) is 22.9 Å². The fourth-order valence-corrected chi connectivity index (χ4v) is 6.81. The van der Waals surface area contributed by atoms with Gasteiger partial charge in [-0.05, 0) is 95.7 Å². The van der Waals surface area contributed by atoms with Crippen molar-refractivity contribution >= 4 is 17.4 Å². The van der Waals surface area contributed by atoms with Crippen LogP contribution in [-0.4, -0.2) is 30.4 Å². The topological polar surface area (TPSA) is 71.1 Å². The predicted octanol–water partition coefficient (Wildman–Crippen LogP) is 4.64. The van der Waals surface area contributed by atoms with Crippen LogP contribution in [0.5, 0.6) is 0 Å². The first-order valence-electron chi connectivity index (χ1n) is 12.3. The highest BCUT2D eigenvalue weighted by Crippen LogP contribution is 2.63. The molecule has 0 radical (unpaired) electrons. The molecule has 0 aliphatic heterocycles. The van der Waals surface area contributed by atoms with E-state index in [4.69, 9.17) is 0 Å². The van der Waals surface area contributed by atoms with Crippen molar-refractivity contribution < 1.29 is 14.0 Å². The highest BCUT2D eigenvalue weighted by atomic mass is 19.1. The minimum atomic E-state index is -0.279. The average Bonchev–Trinajstić information content (AvgIpc) is 3.20. The number of pyridine rings is 1. The fourth-order valence-electron chi connectivity index (χ4n) is 6.81. The Morgan fingerprint density at radius 2 is 2.06 bits per heavy atom. The molecule has 4 atom stereocenters. The van der Waals surface area contributed by atoms with Gasteiger partial charge in [-0.1, -0.05) is 19.1 Å². The van der Waals surface area contributed by atoms with Crippen LogP contribution in [0.4, 0.5) is 4.39 Å². The second kappa shape index (κ2) is 8.97. The standard InChI is InChI=1S/C28H32FN3O2/c1-28-11-9-22-21-5-4-18(27(34)32-12-10-26(33)30-2)13-17(21)3-6-23(22)25(28)8-7-24(28)19-14-20(29)16-31-15-19/h4-5,7,13-16,22-23,25H,3,6,8-12H2,1-2H3,(H,30,33)(H,32,34)/t22-,23-,25+,28-/m1/s1. The molecule has 5 nitrogen and oxygen atoms in total. The van der Waals surface area contributed by atoms with E-state index in [0.29, 0.717) is 29.9 Å². The van der Waals surface area contributed by atoms with Gasteiger partial charge in [0.1, 0.15) is 5.82 Å². The van der Waals surface area contributed by atoms with Crippen molar-refractivity contribution in [3.8, 4) is 0 Å². The number of fused-ring (bicyclic) bond motifs is 5. The zero-order valence-corrected chi connectivity index (χ0v) is 19.9. The summed E-state index contributed by atoms with van der Waals surface area (Å²) in [4.78, 5) is 28.1. The molecule has 2 amide bonds. The zero-order chi connectivity index (χ0) is 23.9. The Labute approximate surface area is 200 Å². The van der Waals surface area contributed by atoms with Gasteiger partial charge >= 0.3 is 0 Å². The lowest BCUT2D eigenvalue weighted by Crippen LogP contribution is -2.41. The van der Waals surface area contributed by atoms with Crippen LogP contribution in [0.15, 0.2) is 42.7 Å². The Hall–Kier alpha value is -3.02. The van der Waals surface area contributed by atoms with Crippen LogP contribution in [0, 0.1) is 23.1 Å². The maximum atomic E-state index is 13.9. The van der Waals surface area contributed by atoms with Crippen LogP contribution in [0.25, 0.3) is 5.57 Å². The van der Waals surface area contributed by atoms with E-state index in [2.05, 4.69) is 34.7 Å². The molecule has 6 heteroatoms. The molecule has 3 aliphatic rings. The van der Waals surface area contributed by atoms with Gasteiger partial charge in [0.2, 0.25) is 5.91 Å². The third-order valence-corrected chi connectivity index (χ3v) is 8.50. The first kappa shape index (κ1) is 22.8. The van der Waals surface area contributed by atoms with Crippen molar-refractivity contribution in [1.29, 1.82) is 0 Å². The summed E-state index contributed by atoms with van der Waals surface area (Å²) < 4.78 is 13.9. The van der Waals surface area contributed by atoms with E-state index in [1.807, 2.05) is 12.1 Å². The molecule has 0 bridgehead atoms. The summed E-state index contributed by atoms with van der Waals surface area (Å²) in [5.41, 5.74) is 5.58. The Morgan fingerprint density at radius 3 is 2.85 bits per heavy atom. The van der Waals surface area contributed by atoms with Crippen LogP contribution in [0.2, 0.25) is 0 Å². The van der Waals surface area contributed by atoms with Gasteiger partial charge in [-0.25, -0.2) is 4.39 Å². The quantitative estimate of drug-likeness (QED) is 0.682. The summed E-state index contributed by atoms with van der Waals surface area (Å²) in [5, 5.41) is 5.41. The molecular weight excluding hydrogens is 429 g/mol. The lowest BCUT2D eigenvalue weighted by molar-refractivity contribution is -0.120. The van der Waals surface area contributed by atoms with Gasteiger partial charge in [0.15, 0.2) is 0 Å². The van der Waals surface area contributed by atoms with Gasteiger partial charge < -0.3 is 10.6 Å². The Bertz CT molecular complexity index is 1160. The van der Waals surface area contributed by atoms with Gasteiger partial charge in [-0.2, -0.15) is 0 Å². The minimum Gasteiger partial charge on any atom is -0.359 e. The molecule has 1 heterocycles. The lowest BCUT2D eigenvalue weighted by atomic mass is 9.54. The molecule has 1 aromatic heterocycles. The second-order valence-corrected chi connectivity index (χ2v) is 10.2. The van der Waals surface area contributed by atoms with Crippen molar-refractivity contribution in [2.75, 3.05) is 13.6 Å². The Kier molecular flexibility index (Phi) is 6.00. The number of aromatic nitrogens is 1. The highest BCUT2D eigenvalue weighted by molar-refractivity contribution is 5.94. The summed E-state index contributed by atoms with van der Waals surface area (Å²) in [6.07, 6.45) is 11.0.